The lowest BCUT2D eigenvalue weighted by molar-refractivity contribution is -0.126. The summed E-state index contributed by atoms with van der Waals surface area (Å²) < 4.78 is 11.2. The highest BCUT2D eigenvalue weighted by Gasteiger charge is 2.21. The summed E-state index contributed by atoms with van der Waals surface area (Å²) in [7, 11) is 0. The minimum atomic E-state index is 0.00986. The van der Waals surface area contributed by atoms with Gasteiger partial charge in [-0.1, -0.05) is 29.8 Å². The highest BCUT2D eigenvalue weighted by Crippen LogP contribution is 2.29. The molecule has 1 saturated heterocycles. The van der Waals surface area contributed by atoms with Crippen LogP contribution in [-0.4, -0.2) is 50.2 Å². The zero-order chi connectivity index (χ0) is 20.6. The average molecular weight is 415 g/mol. The Labute approximate surface area is 177 Å². The van der Waals surface area contributed by atoms with Crippen LogP contribution in [0.1, 0.15) is 19.4 Å². The minimum absolute atomic E-state index is 0.00986. The fraction of sp³-hybridized carbons (Fsp3) is 0.348. The van der Waals surface area contributed by atoms with E-state index in [1.807, 2.05) is 67.3 Å². The summed E-state index contributed by atoms with van der Waals surface area (Å²) in [4.78, 5) is 16.7. The molecule has 0 unspecified atom stereocenters. The molecule has 29 heavy (non-hydrogen) atoms. The summed E-state index contributed by atoms with van der Waals surface area (Å²) in [5.41, 5.74) is 1.93. The van der Waals surface area contributed by atoms with Crippen LogP contribution in [0.5, 0.6) is 11.5 Å². The molecule has 1 fully saturated rings. The summed E-state index contributed by atoms with van der Waals surface area (Å²) in [5, 5.41) is 0.743. The van der Waals surface area contributed by atoms with Crippen molar-refractivity contribution in [1.29, 1.82) is 0 Å². The smallest absolute Gasteiger partial charge is 0.246 e. The number of carbonyl (C=O) groups is 1. The van der Waals surface area contributed by atoms with E-state index in [1.165, 1.54) is 0 Å². The number of piperazine rings is 1. The Morgan fingerprint density at radius 2 is 1.69 bits per heavy atom. The van der Waals surface area contributed by atoms with E-state index in [-0.39, 0.29) is 5.91 Å². The maximum Gasteiger partial charge on any atom is 0.246 e. The summed E-state index contributed by atoms with van der Waals surface area (Å²) in [5.74, 6) is 1.42. The zero-order valence-electron chi connectivity index (χ0n) is 16.9. The van der Waals surface area contributed by atoms with Crippen molar-refractivity contribution in [2.75, 3.05) is 44.3 Å². The van der Waals surface area contributed by atoms with Gasteiger partial charge in [-0.05, 0) is 49.8 Å². The number of carbonyl (C=O) groups excluding carboxylic acids is 1. The number of amides is 1. The van der Waals surface area contributed by atoms with Crippen molar-refractivity contribution in [3.05, 3.63) is 59.1 Å². The molecule has 0 spiro atoms. The SMILES string of the molecule is CCOc1ccc(C=CC(=O)N2CCN(c3ccccc3Cl)CC2)cc1OCC. The van der Waals surface area contributed by atoms with Crippen molar-refractivity contribution in [1.82, 2.24) is 4.90 Å². The maximum absolute atomic E-state index is 12.6. The Kier molecular flexibility index (Phi) is 7.42. The Bertz CT molecular complexity index is 861. The third-order valence-corrected chi connectivity index (χ3v) is 5.09. The molecule has 0 aromatic heterocycles. The van der Waals surface area contributed by atoms with Gasteiger partial charge in [0.25, 0.3) is 0 Å². The van der Waals surface area contributed by atoms with Gasteiger partial charge in [-0.2, -0.15) is 0 Å². The topological polar surface area (TPSA) is 42.0 Å². The van der Waals surface area contributed by atoms with E-state index in [9.17, 15) is 4.79 Å². The molecule has 0 radical (unpaired) electrons. The van der Waals surface area contributed by atoms with Crippen LogP contribution in [0.25, 0.3) is 6.08 Å². The molecular weight excluding hydrogens is 388 g/mol. The van der Waals surface area contributed by atoms with Gasteiger partial charge in [-0.15, -0.1) is 0 Å². The molecule has 0 saturated carbocycles. The van der Waals surface area contributed by atoms with Crippen molar-refractivity contribution in [2.45, 2.75) is 13.8 Å². The molecule has 1 aliphatic heterocycles. The quantitative estimate of drug-likeness (QED) is 0.625. The molecule has 0 N–H and O–H groups in total. The molecule has 1 aliphatic rings. The normalized spacial score (nSPS) is 14.3. The van der Waals surface area contributed by atoms with E-state index >= 15 is 0 Å². The van der Waals surface area contributed by atoms with Gasteiger partial charge >= 0.3 is 0 Å². The maximum atomic E-state index is 12.6. The molecule has 0 atom stereocenters. The second-order valence-corrected chi connectivity index (χ2v) is 7.08. The van der Waals surface area contributed by atoms with Gasteiger partial charge in [0.05, 0.1) is 23.9 Å². The third kappa shape index (κ3) is 5.45. The summed E-state index contributed by atoms with van der Waals surface area (Å²) >= 11 is 6.29. The first-order chi connectivity index (χ1) is 14.1. The van der Waals surface area contributed by atoms with Crippen LogP contribution in [0, 0.1) is 0 Å². The van der Waals surface area contributed by atoms with E-state index in [4.69, 9.17) is 21.1 Å². The number of benzene rings is 2. The number of anilines is 1. The van der Waals surface area contributed by atoms with E-state index in [0.29, 0.717) is 37.8 Å². The third-order valence-electron chi connectivity index (χ3n) is 4.77. The standard InChI is InChI=1S/C23H27ClN2O3/c1-3-28-21-11-9-18(17-22(21)29-4-2)10-12-23(27)26-15-13-25(14-16-26)20-8-6-5-7-19(20)24/h5-12,17H,3-4,13-16H2,1-2H3. The van der Waals surface area contributed by atoms with Crippen LogP contribution < -0.4 is 14.4 Å². The number of halogens is 1. The first-order valence-corrected chi connectivity index (χ1v) is 10.4. The highest BCUT2D eigenvalue weighted by molar-refractivity contribution is 6.33. The summed E-state index contributed by atoms with van der Waals surface area (Å²) in [6, 6.07) is 13.5. The van der Waals surface area contributed by atoms with E-state index in [2.05, 4.69) is 4.90 Å². The summed E-state index contributed by atoms with van der Waals surface area (Å²) in [6.45, 7) is 7.87. The number of hydrogen-bond acceptors (Lipinski definition) is 4. The number of para-hydroxylation sites is 1. The predicted octanol–water partition coefficient (Wildman–Crippen LogP) is 4.50. The Morgan fingerprint density at radius 1 is 1.00 bits per heavy atom. The molecule has 6 heteroatoms. The minimum Gasteiger partial charge on any atom is -0.490 e. The van der Waals surface area contributed by atoms with Crippen molar-refractivity contribution < 1.29 is 14.3 Å². The van der Waals surface area contributed by atoms with Gasteiger partial charge in [0.1, 0.15) is 0 Å². The van der Waals surface area contributed by atoms with E-state index in [0.717, 1.165) is 29.4 Å². The van der Waals surface area contributed by atoms with Crippen molar-refractivity contribution in [2.24, 2.45) is 0 Å². The lowest BCUT2D eigenvalue weighted by Crippen LogP contribution is -2.48. The van der Waals surface area contributed by atoms with E-state index < -0.39 is 0 Å². The van der Waals surface area contributed by atoms with Crippen LogP contribution in [-0.2, 0) is 4.79 Å². The first-order valence-electron chi connectivity index (χ1n) is 9.98. The molecule has 1 heterocycles. The second-order valence-electron chi connectivity index (χ2n) is 6.67. The fourth-order valence-corrected chi connectivity index (χ4v) is 3.58. The van der Waals surface area contributed by atoms with Gasteiger partial charge < -0.3 is 19.3 Å². The molecule has 3 rings (SSSR count). The van der Waals surface area contributed by atoms with E-state index in [1.54, 1.807) is 6.08 Å². The van der Waals surface area contributed by atoms with Crippen LogP contribution in [0.4, 0.5) is 5.69 Å². The molecule has 0 bridgehead atoms. The largest absolute Gasteiger partial charge is 0.490 e. The van der Waals surface area contributed by atoms with Crippen molar-refractivity contribution >= 4 is 29.3 Å². The highest BCUT2D eigenvalue weighted by atomic mass is 35.5. The van der Waals surface area contributed by atoms with Gasteiger partial charge in [0, 0.05) is 32.3 Å². The van der Waals surface area contributed by atoms with Crippen LogP contribution in [0.2, 0.25) is 5.02 Å². The van der Waals surface area contributed by atoms with Crippen LogP contribution >= 0.6 is 11.6 Å². The van der Waals surface area contributed by atoms with Crippen molar-refractivity contribution in [3.63, 3.8) is 0 Å². The van der Waals surface area contributed by atoms with Gasteiger partial charge in [0.15, 0.2) is 11.5 Å². The van der Waals surface area contributed by atoms with Crippen LogP contribution in [0.15, 0.2) is 48.5 Å². The second kappa shape index (κ2) is 10.2. The molecule has 2 aromatic carbocycles. The van der Waals surface area contributed by atoms with Gasteiger partial charge in [-0.3, -0.25) is 4.79 Å². The Balaban J connectivity index is 1.60. The molecule has 154 valence electrons. The number of hydrogen-bond donors (Lipinski definition) is 0. The Hall–Kier alpha value is -2.66. The number of ether oxygens (including phenoxy) is 2. The Morgan fingerprint density at radius 3 is 2.38 bits per heavy atom. The molecule has 2 aromatic rings. The lowest BCUT2D eigenvalue weighted by atomic mass is 10.1. The van der Waals surface area contributed by atoms with Crippen molar-refractivity contribution in [3.8, 4) is 11.5 Å². The lowest BCUT2D eigenvalue weighted by Gasteiger charge is -2.36. The number of nitrogens with zero attached hydrogens (tertiary/aromatic N) is 2. The monoisotopic (exact) mass is 414 g/mol. The summed E-state index contributed by atoms with van der Waals surface area (Å²) in [6.07, 6.45) is 3.44. The predicted molar refractivity (Wildman–Crippen MR) is 118 cm³/mol. The molecule has 5 nitrogen and oxygen atoms in total. The van der Waals surface area contributed by atoms with Gasteiger partial charge in [-0.25, -0.2) is 0 Å². The average Bonchev–Trinajstić information content (AvgIpc) is 2.74. The first kappa shape index (κ1) is 21.1. The molecule has 0 aliphatic carbocycles. The molecule has 1 amide bonds. The zero-order valence-corrected chi connectivity index (χ0v) is 17.7. The van der Waals surface area contributed by atoms with Gasteiger partial charge in [0.2, 0.25) is 5.91 Å². The van der Waals surface area contributed by atoms with Crippen LogP contribution in [0.3, 0.4) is 0 Å². The molecular formula is C23H27ClN2O3. The fourth-order valence-electron chi connectivity index (χ4n) is 3.32. The number of rotatable bonds is 7.